The van der Waals surface area contributed by atoms with Crippen molar-refractivity contribution in [3.05, 3.63) is 47.2 Å². The van der Waals surface area contributed by atoms with Crippen LogP contribution in [0.15, 0.2) is 36.5 Å². The SMILES string of the molecule is CCNC(=O)c1ccc(-c2ccc(N3CCC[C@]4(CCN(C5CCC(O)CC5)C4=O)C3)c(Cl)c2)cn1. The van der Waals surface area contributed by atoms with Crippen molar-refractivity contribution in [3.8, 4) is 11.1 Å². The van der Waals surface area contributed by atoms with E-state index in [0.29, 0.717) is 29.7 Å². The maximum atomic E-state index is 13.6. The molecule has 1 aromatic heterocycles. The van der Waals surface area contributed by atoms with E-state index in [0.717, 1.165) is 74.8 Å². The molecular weight excluding hydrogens is 476 g/mol. The number of amides is 2. The lowest BCUT2D eigenvalue weighted by atomic mass is 9.78. The first-order chi connectivity index (χ1) is 17.4. The van der Waals surface area contributed by atoms with E-state index < -0.39 is 0 Å². The smallest absolute Gasteiger partial charge is 0.269 e. The molecule has 2 aromatic rings. The molecular formula is C28H35ClN4O3. The number of aliphatic hydroxyl groups excluding tert-OH is 1. The van der Waals surface area contributed by atoms with Gasteiger partial charge in [-0.3, -0.25) is 14.6 Å². The standard InChI is InChI=1S/C28H35ClN4O3/c1-2-30-26(35)24-10-4-20(17-31-24)19-5-11-25(23(29)16-19)32-14-3-12-28(18-32)13-15-33(27(28)36)21-6-8-22(34)9-7-21/h4-5,10-11,16-17,21-22,34H,2-3,6-9,12-15,18H2,1H3,(H,30,35)/t21?,22?,28-/m0/s1. The number of hydrogen-bond acceptors (Lipinski definition) is 5. The minimum Gasteiger partial charge on any atom is -0.393 e. The van der Waals surface area contributed by atoms with Gasteiger partial charge in [-0.1, -0.05) is 23.7 Å². The van der Waals surface area contributed by atoms with Crippen LogP contribution in [-0.4, -0.2) is 65.1 Å². The molecule has 3 aliphatic rings. The second-order valence-electron chi connectivity index (χ2n) is 10.5. The molecule has 5 rings (SSSR count). The number of carbonyl (C=O) groups excluding carboxylic acids is 2. The van der Waals surface area contributed by atoms with Gasteiger partial charge in [0, 0.05) is 44.0 Å². The van der Waals surface area contributed by atoms with Gasteiger partial charge in [-0.05, 0) is 75.6 Å². The summed E-state index contributed by atoms with van der Waals surface area (Å²) in [7, 11) is 0. The number of nitrogens with one attached hydrogen (secondary N) is 1. The number of halogens is 1. The molecule has 1 aromatic carbocycles. The van der Waals surface area contributed by atoms with Gasteiger partial charge in [-0.2, -0.15) is 0 Å². The van der Waals surface area contributed by atoms with Crippen molar-refractivity contribution in [2.75, 3.05) is 31.1 Å². The average molecular weight is 511 g/mol. The largest absolute Gasteiger partial charge is 0.393 e. The molecule has 36 heavy (non-hydrogen) atoms. The summed E-state index contributed by atoms with van der Waals surface area (Å²) >= 11 is 6.79. The normalized spacial score (nSPS) is 26.5. The van der Waals surface area contributed by atoms with E-state index in [9.17, 15) is 14.7 Å². The third kappa shape index (κ3) is 4.83. The molecule has 2 amide bonds. The number of likely N-dealkylation sites (tertiary alicyclic amines) is 1. The highest BCUT2D eigenvalue weighted by Crippen LogP contribution is 2.44. The van der Waals surface area contributed by atoms with Crippen LogP contribution in [0.2, 0.25) is 5.02 Å². The predicted octanol–water partition coefficient (Wildman–Crippen LogP) is 4.27. The third-order valence-corrected chi connectivity index (χ3v) is 8.49. The summed E-state index contributed by atoms with van der Waals surface area (Å²) in [5.74, 6) is 0.108. The maximum absolute atomic E-state index is 13.6. The molecule has 1 aliphatic carbocycles. The summed E-state index contributed by atoms with van der Waals surface area (Å²) in [6.45, 7) is 4.83. The lowest BCUT2D eigenvalue weighted by molar-refractivity contribution is -0.139. The van der Waals surface area contributed by atoms with E-state index in [1.807, 2.05) is 31.2 Å². The topological polar surface area (TPSA) is 85.8 Å². The molecule has 1 spiro atoms. The van der Waals surface area contributed by atoms with Crippen LogP contribution in [0, 0.1) is 5.41 Å². The monoisotopic (exact) mass is 510 g/mol. The Hall–Kier alpha value is -2.64. The summed E-state index contributed by atoms with van der Waals surface area (Å²) in [6.07, 6.45) is 7.65. The lowest BCUT2D eigenvalue weighted by Crippen LogP contribution is -2.50. The van der Waals surface area contributed by atoms with Gasteiger partial charge in [0.05, 0.1) is 22.2 Å². The van der Waals surface area contributed by atoms with Crippen LogP contribution >= 0.6 is 11.6 Å². The molecule has 192 valence electrons. The van der Waals surface area contributed by atoms with Crippen LogP contribution in [0.5, 0.6) is 0 Å². The molecule has 1 atom stereocenters. The van der Waals surface area contributed by atoms with Gasteiger partial charge < -0.3 is 20.2 Å². The van der Waals surface area contributed by atoms with Crippen LogP contribution in [-0.2, 0) is 4.79 Å². The highest BCUT2D eigenvalue weighted by Gasteiger charge is 2.50. The molecule has 0 unspecified atom stereocenters. The van der Waals surface area contributed by atoms with Gasteiger partial charge in [-0.15, -0.1) is 0 Å². The number of anilines is 1. The summed E-state index contributed by atoms with van der Waals surface area (Å²) in [5, 5.41) is 13.3. The zero-order valence-corrected chi connectivity index (χ0v) is 21.6. The Morgan fingerprint density at radius 2 is 1.92 bits per heavy atom. The van der Waals surface area contributed by atoms with Crippen molar-refractivity contribution < 1.29 is 14.7 Å². The van der Waals surface area contributed by atoms with Crippen molar-refractivity contribution in [2.45, 2.75) is 64.0 Å². The van der Waals surface area contributed by atoms with E-state index in [4.69, 9.17) is 11.6 Å². The number of rotatable bonds is 5. The highest BCUT2D eigenvalue weighted by molar-refractivity contribution is 6.33. The molecule has 7 nitrogen and oxygen atoms in total. The molecule has 3 fully saturated rings. The molecule has 0 radical (unpaired) electrons. The van der Waals surface area contributed by atoms with Gasteiger partial charge in [0.25, 0.3) is 5.91 Å². The third-order valence-electron chi connectivity index (χ3n) is 8.18. The molecule has 2 aliphatic heterocycles. The first-order valence-electron chi connectivity index (χ1n) is 13.2. The second-order valence-corrected chi connectivity index (χ2v) is 10.9. The van der Waals surface area contributed by atoms with E-state index >= 15 is 0 Å². The summed E-state index contributed by atoms with van der Waals surface area (Å²) in [5.41, 5.74) is 2.84. The Kier molecular flexibility index (Phi) is 7.22. The molecule has 0 bridgehead atoms. The van der Waals surface area contributed by atoms with E-state index in [-0.39, 0.29) is 23.5 Å². The fraction of sp³-hybridized carbons (Fsp3) is 0.536. The number of pyridine rings is 1. The Morgan fingerprint density at radius 1 is 1.14 bits per heavy atom. The van der Waals surface area contributed by atoms with Gasteiger partial charge in [0.2, 0.25) is 5.91 Å². The number of nitrogens with zero attached hydrogens (tertiary/aromatic N) is 3. The summed E-state index contributed by atoms with van der Waals surface area (Å²) in [4.78, 5) is 34.3. The van der Waals surface area contributed by atoms with Crippen molar-refractivity contribution in [1.29, 1.82) is 0 Å². The molecule has 1 saturated carbocycles. The number of hydrogen-bond donors (Lipinski definition) is 2. The zero-order valence-electron chi connectivity index (χ0n) is 20.9. The van der Waals surface area contributed by atoms with Crippen LogP contribution in [0.4, 0.5) is 5.69 Å². The lowest BCUT2D eigenvalue weighted by Gasteiger charge is -2.41. The molecule has 2 N–H and O–H groups in total. The minimum atomic E-state index is -0.338. The Bertz CT molecular complexity index is 1120. The zero-order chi connectivity index (χ0) is 25.3. The van der Waals surface area contributed by atoms with Crippen molar-refractivity contribution in [1.82, 2.24) is 15.2 Å². The molecule has 2 saturated heterocycles. The maximum Gasteiger partial charge on any atom is 0.269 e. The van der Waals surface area contributed by atoms with Crippen molar-refractivity contribution >= 4 is 29.1 Å². The van der Waals surface area contributed by atoms with Crippen LogP contribution < -0.4 is 10.2 Å². The number of aromatic nitrogens is 1. The minimum absolute atomic E-state index is 0.183. The van der Waals surface area contributed by atoms with Gasteiger partial charge in [-0.25, -0.2) is 0 Å². The molecule has 8 heteroatoms. The first-order valence-corrected chi connectivity index (χ1v) is 13.6. The number of piperidine rings is 1. The predicted molar refractivity (Wildman–Crippen MR) is 141 cm³/mol. The van der Waals surface area contributed by atoms with E-state index in [1.54, 1.807) is 12.3 Å². The van der Waals surface area contributed by atoms with Gasteiger partial charge in [0.1, 0.15) is 5.69 Å². The fourth-order valence-electron chi connectivity index (χ4n) is 6.17. The average Bonchev–Trinajstić information content (AvgIpc) is 3.19. The quantitative estimate of drug-likeness (QED) is 0.627. The summed E-state index contributed by atoms with van der Waals surface area (Å²) in [6, 6.07) is 9.88. The van der Waals surface area contributed by atoms with Crippen molar-refractivity contribution in [2.24, 2.45) is 5.41 Å². The number of carbonyl (C=O) groups is 2. The van der Waals surface area contributed by atoms with Gasteiger partial charge in [0.15, 0.2) is 0 Å². The summed E-state index contributed by atoms with van der Waals surface area (Å²) < 4.78 is 0. The Morgan fingerprint density at radius 3 is 2.61 bits per heavy atom. The highest BCUT2D eigenvalue weighted by atomic mass is 35.5. The van der Waals surface area contributed by atoms with E-state index in [2.05, 4.69) is 20.1 Å². The second kappa shape index (κ2) is 10.4. The van der Waals surface area contributed by atoms with Crippen LogP contribution in [0.3, 0.4) is 0 Å². The number of aliphatic hydroxyl groups is 1. The van der Waals surface area contributed by atoms with Gasteiger partial charge >= 0.3 is 0 Å². The first kappa shape index (κ1) is 25.0. The Labute approximate surface area is 217 Å². The van der Waals surface area contributed by atoms with E-state index in [1.165, 1.54) is 0 Å². The fourth-order valence-corrected chi connectivity index (χ4v) is 6.47. The van der Waals surface area contributed by atoms with Crippen LogP contribution in [0.25, 0.3) is 11.1 Å². The number of benzene rings is 1. The Balaban J connectivity index is 1.29. The van der Waals surface area contributed by atoms with Crippen LogP contribution in [0.1, 0.15) is 62.4 Å². The molecule has 3 heterocycles. The van der Waals surface area contributed by atoms with Crippen molar-refractivity contribution in [3.63, 3.8) is 0 Å².